The second-order valence-electron chi connectivity index (χ2n) is 5.24. The van der Waals surface area contributed by atoms with Gasteiger partial charge in [-0.2, -0.15) is 0 Å². The summed E-state index contributed by atoms with van der Waals surface area (Å²) in [7, 11) is 1.51. The summed E-state index contributed by atoms with van der Waals surface area (Å²) < 4.78 is 23.4. The third-order valence-electron chi connectivity index (χ3n) is 3.39. The number of ether oxygens (including phenoxy) is 2. The predicted molar refractivity (Wildman–Crippen MR) is 92.3 cm³/mol. The summed E-state index contributed by atoms with van der Waals surface area (Å²) in [5, 5.41) is 2.40. The molecule has 0 bridgehead atoms. The zero-order chi connectivity index (χ0) is 18.4. The molecule has 0 saturated carbocycles. The van der Waals surface area contributed by atoms with Crippen molar-refractivity contribution in [2.24, 2.45) is 0 Å². The van der Waals surface area contributed by atoms with E-state index in [4.69, 9.17) is 21.1 Å². The predicted octanol–water partition coefficient (Wildman–Crippen LogP) is 3.60. The highest BCUT2D eigenvalue weighted by atomic mass is 35.5. The Morgan fingerprint density at radius 3 is 2.64 bits per heavy atom. The molecule has 2 rings (SSSR count). The number of carbonyl (C=O) groups is 2. The van der Waals surface area contributed by atoms with E-state index < -0.39 is 23.8 Å². The number of rotatable bonds is 6. The van der Waals surface area contributed by atoms with E-state index >= 15 is 0 Å². The minimum Gasteiger partial charge on any atom is -0.496 e. The Balaban J connectivity index is 1.93. The number of carbonyl (C=O) groups excluding carboxylic acids is 2. The van der Waals surface area contributed by atoms with E-state index in [0.29, 0.717) is 17.0 Å². The highest BCUT2D eigenvalue weighted by Gasteiger charge is 2.19. The zero-order valence-electron chi connectivity index (χ0n) is 13.7. The summed E-state index contributed by atoms with van der Waals surface area (Å²) in [6.07, 6.45) is -1.05. The van der Waals surface area contributed by atoms with Crippen molar-refractivity contribution in [3.05, 3.63) is 58.9 Å². The molecule has 0 spiro atoms. The molecule has 1 amide bonds. The first-order chi connectivity index (χ1) is 11.9. The van der Waals surface area contributed by atoms with Gasteiger partial charge in [-0.05, 0) is 31.2 Å². The smallest absolute Gasteiger partial charge is 0.311 e. The van der Waals surface area contributed by atoms with Gasteiger partial charge in [-0.15, -0.1) is 0 Å². The van der Waals surface area contributed by atoms with Crippen molar-refractivity contribution in [3.63, 3.8) is 0 Å². The van der Waals surface area contributed by atoms with Crippen molar-refractivity contribution < 1.29 is 23.5 Å². The van der Waals surface area contributed by atoms with Gasteiger partial charge in [0.05, 0.1) is 18.6 Å². The number of halogens is 2. The molecule has 0 saturated heterocycles. The van der Waals surface area contributed by atoms with Gasteiger partial charge in [-0.1, -0.05) is 29.8 Å². The third kappa shape index (κ3) is 5.19. The lowest BCUT2D eigenvalue weighted by molar-refractivity contribution is -0.152. The number of hydrogen-bond acceptors (Lipinski definition) is 4. The van der Waals surface area contributed by atoms with Crippen molar-refractivity contribution in [2.75, 3.05) is 12.4 Å². The Labute approximate surface area is 149 Å². The molecule has 0 aliphatic carbocycles. The quantitative estimate of drug-likeness (QED) is 0.794. The van der Waals surface area contributed by atoms with Crippen LogP contribution in [0, 0.1) is 5.82 Å². The van der Waals surface area contributed by atoms with Crippen LogP contribution in [0.1, 0.15) is 12.5 Å². The normalized spacial score (nSPS) is 11.5. The van der Waals surface area contributed by atoms with Gasteiger partial charge in [0.2, 0.25) is 0 Å². The van der Waals surface area contributed by atoms with Crippen LogP contribution in [0.4, 0.5) is 10.1 Å². The van der Waals surface area contributed by atoms with E-state index in [1.165, 1.54) is 26.2 Å². The largest absolute Gasteiger partial charge is 0.496 e. The average Bonchev–Trinajstić information content (AvgIpc) is 2.58. The molecular formula is C18H17ClFNO4. The van der Waals surface area contributed by atoms with E-state index in [9.17, 15) is 14.0 Å². The molecule has 2 aromatic carbocycles. The fourth-order valence-corrected chi connectivity index (χ4v) is 2.30. The first kappa shape index (κ1) is 18.7. The highest BCUT2D eigenvalue weighted by molar-refractivity contribution is 6.31. The van der Waals surface area contributed by atoms with Crippen LogP contribution in [0.25, 0.3) is 0 Å². The molecule has 1 N–H and O–H groups in total. The van der Waals surface area contributed by atoms with E-state index in [0.717, 1.165) is 6.07 Å². The third-order valence-corrected chi connectivity index (χ3v) is 3.68. The fraction of sp³-hybridized carbons (Fsp3) is 0.222. The zero-order valence-corrected chi connectivity index (χ0v) is 14.5. The van der Waals surface area contributed by atoms with Crippen molar-refractivity contribution in [3.8, 4) is 5.75 Å². The number of anilines is 1. The van der Waals surface area contributed by atoms with Gasteiger partial charge in [0.15, 0.2) is 6.10 Å². The molecule has 1 atom stereocenters. The van der Waals surface area contributed by atoms with E-state index in [1.807, 2.05) is 0 Å². The number of methoxy groups -OCH3 is 1. The molecule has 132 valence electrons. The van der Waals surface area contributed by atoms with Crippen molar-refractivity contribution in [2.45, 2.75) is 19.4 Å². The van der Waals surface area contributed by atoms with Crippen LogP contribution in [-0.2, 0) is 20.7 Å². The Morgan fingerprint density at radius 1 is 1.24 bits per heavy atom. The molecule has 0 fully saturated rings. The van der Waals surface area contributed by atoms with E-state index in [1.54, 1.807) is 24.3 Å². The summed E-state index contributed by atoms with van der Waals surface area (Å²) in [6, 6.07) is 10.8. The monoisotopic (exact) mass is 365 g/mol. The summed E-state index contributed by atoms with van der Waals surface area (Å²) in [5.41, 5.74) is 0.969. The van der Waals surface area contributed by atoms with Crippen molar-refractivity contribution in [1.82, 2.24) is 0 Å². The average molecular weight is 366 g/mol. The number of amides is 1. The van der Waals surface area contributed by atoms with Crippen LogP contribution in [0.15, 0.2) is 42.5 Å². The number of hydrogen-bond donors (Lipinski definition) is 1. The second-order valence-corrected chi connectivity index (χ2v) is 5.65. The van der Waals surface area contributed by atoms with Crippen LogP contribution in [0.2, 0.25) is 5.02 Å². The van der Waals surface area contributed by atoms with Gasteiger partial charge >= 0.3 is 5.97 Å². The van der Waals surface area contributed by atoms with Gasteiger partial charge in [0.1, 0.15) is 11.6 Å². The Hall–Kier alpha value is -2.60. The van der Waals surface area contributed by atoms with Gasteiger partial charge in [0.25, 0.3) is 5.91 Å². The van der Waals surface area contributed by atoms with Crippen LogP contribution in [0.3, 0.4) is 0 Å². The standard InChI is InChI=1S/C18H17ClFNO4/c1-11(18(23)21-13-7-8-15(20)14(19)10-13)25-17(22)9-12-5-3-4-6-16(12)24-2/h3-8,10-11H,9H2,1-2H3,(H,21,23)/t11-/m1/s1. The number of nitrogens with one attached hydrogen (secondary N) is 1. The number of benzene rings is 2. The van der Waals surface area contributed by atoms with Gasteiger partial charge in [-0.25, -0.2) is 4.39 Å². The Morgan fingerprint density at radius 2 is 1.96 bits per heavy atom. The van der Waals surface area contributed by atoms with Crippen LogP contribution >= 0.6 is 11.6 Å². The van der Waals surface area contributed by atoms with E-state index in [-0.39, 0.29) is 11.4 Å². The summed E-state index contributed by atoms with van der Waals surface area (Å²) >= 11 is 5.66. The molecule has 7 heteroatoms. The summed E-state index contributed by atoms with van der Waals surface area (Å²) in [5.74, 6) is -1.13. The minimum absolute atomic E-state index is 0.0238. The van der Waals surface area contributed by atoms with Crippen molar-refractivity contribution >= 4 is 29.2 Å². The molecule has 5 nitrogen and oxygen atoms in total. The second kappa shape index (κ2) is 8.48. The lowest BCUT2D eigenvalue weighted by Crippen LogP contribution is -2.30. The Kier molecular flexibility index (Phi) is 6.36. The summed E-state index contributed by atoms with van der Waals surface area (Å²) in [6.45, 7) is 1.45. The van der Waals surface area contributed by atoms with Gasteiger partial charge in [0, 0.05) is 11.3 Å². The lowest BCUT2D eigenvalue weighted by atomic mass is 10.1. The molecule has 0 unspecified atom stereocenters. The molecule has 2 aromatic rings. The SMILES string of the molecule is COc1ccccc1CC(=O)O[C@H](C)C(=O)Nc1ccc(F)c(Cl)c1. The highest BCUT2D eigenvalue weighted by Crippen LogP contribution is 2.20. The van der Waals surface area contributed by atoms with Crippen LogP contribution in [0.5, 0.6) is 5.75 Å². The minimum atomic E-state index is -1.02. The molecule has 0 aliphatic rings. The lowest BCUT2D eigenvalue weighted by Gasteiger charge is -2.14. The van der Waals surface area contributed by atoms with Crippen LogP contribution < -0.4 is 10.1 Å². The fourth-order valence-electron chi connectivity index (χ4n) is 2.11. The summed E-state index contributed by atoms with van der Waals surface area (Å²) in [4.78, 5) is 24.1. The molecule has 0 heterocycles. The maximum absolute atomic E-state index is 13.1. The number of para-hydroxylation sites is 1. The van der Waals surface area contributed by atoms with Gasteiger partial charge in [-0.3, -0.25) is 9.59 Å². The molecule has 25 heavy (non-hydrogen) atoms. The first-order valence-corrected chi connectivity index (χ1v) is 7.85. The van der Waals surface area contributed by atoms with Gasteiger partial charge < -0.3 is 14.8 Å². The Bertz CT molecular complexity index is 781. The maximum atomic E-state index is 13.1. The molecule has 0 aromatic heterocycles. The first-order valence-electron chi connectivity index (χ1n) is 7.48. The molecular weight excluding hydrogens is 349 g/mol. The van der Waals surface area contributed by atoms with E-state index in [2.05, 4.69) is 5.32 Å². The topological polar surface area (TPSA) is 64.6 Å². The van der Waals surface area contributed by atoms with Crippen molar-refractivity contribution in [1.29, 1.82) is 0 Å². The van der Waals surface area contributed by atoms with Crippen LogP contribution in [-0.4, -0.2) is 25.1 Å². The molecule has 0 radical (unpaired) electrons. The maximum Gasteiger partial charge on any atom is 0.311 e. The molecule has 0 aliphatic heterocycles. The number of esters is 1.